The molecule has 0 amide bonds. The first-order valence-corrected chi connectivity index (χ1v) is 10.0. The molecule has 144 valence electrons. The molecule has 11 heteroatoms. The zero-order valence-corrected chi connectivity index (χ0v) is 17.7. The van der Waals surface area contributed by atoms with Gasteiger partial charge in [0, 0.05) is 22.7 Å². The molecular weight excluding hydrogens is 453 g/mol. The molecule has 1 aromatic carbocycles. The second-order valence-electron chi connectivity index (χ2n) is 5.69. The van der Waals surface area contributed by atoms with Gasteiger partial charge in [-0.3, -0.25) is 5.10 Å². The molecule has 0 spiro atoms. The van der Waals surface area contributed by atoms with Crippen LogP contribution in [0.2, 0.25) is 15.1 Å². The molecule has 0 aliphatic carbocycles. The second-order valence-corrected chi connectivity index (χ2v) is 7.97. The van der Waals surface area contributed by atoms with Crippen LogP contribution in [0.3, 0.4) is 0 Å². The van der Waals surface area contributed by atoms with Crippen molar-refractivity contribution < 1.29 is 0 Å². The number of aromatic amines is 1. The lowest BCUT2D eigenvalue weighted by Gasteiger charge is -2.07. The average molecular weight is 463 g/mol. The molecule has 29 heavy (non-hydrogen) atoms. The fourth-order valence-corrected chi connectivity index (χ4v) is 4.71. The molecular formula is C18H10Cl3N7S. The van der Waals surface area contributed by atoms with Crippen molar-refractivity contribution in [1.29, 1.82) is 0 Å². The van der Waals surface area contributed by atoms with Gasteiger partial charge in [-0.1, -0.05) is 40.9 Å². The Kier molecular flexibility index (Phi) is 5.39. The fourth-order valence-electron chi connectivity index (χ4n) is 2.76. The summed E-state index contributed by atoms with van der Waals surface area (Å²) in [7, 11) is 1.70. The summed E-state index contributed by atoms with van der Waals surface area (Å²) in [5.41, 5.74) is 2.06. The zero-order valence-electron chi connectivity index (χ0n) is 14.7. The molecule has 3 heterocycles. The van der Waals surface area contributed by atoms with Crippen LogP contribution in [0.5, 0.6) is 0 Å². The Morgan fingerprint density at radius 1 is 1.14 bits per heavy atom. The van der Waals surface area contributed by atoms with E-state index in [-0.39, 0.29) is 0 Å². The number of benzene rings is 1. The Balaban J connectivity index is 2.07. The molecule has 4 rings (SSSR count). The lowest BCUT2D eigenvalue weighted by Crippen LogP contribution is -1.97. The van der Waals surface area contributed by atoms with Crippen LogP contribution in [0.4, 0.5) is 11.6 Å². The maximum atomic E-state index is 7.86. The molecule has 0 radical (unpaired) electrons. The first-order valence-electron chi connectivity index (χ1n) is 8.09. The van der Waals surface area contributed by atoms with Crippen LogP contribution in [0.1, 0.15) is 0 Å². The van der Waals surface area contributed by atoms with Gasteiger partial charge in [0.15, 0.2) is 5.82 Å². The first-order chi connectivity index (χ1) is 14.0. The van der Waals surface area contributed by atoms with E-state index in [1.807, 2.05) is 0 Å². The third-order valence-corrected chi connectivity index (χ3v) is 6.03. The van der Waals surface area contributed by atoms with Crippen LogP contribution < -0.4 is 5.32 Å². The van der Waals surface area contributed by atoms with Crippen LogP contribution in [0, 0.1) is 6.57 Å². The Hall–Kier alpha value is -2.70. The summed E-state index contributed by atoms with van der Waals surface area (Å²) in [6, 6.07) is 5.12. The summed E-state index contributed by atoms with van der Waals surface area (Å²) in [5, 5.41) is 10.9. The van der Waals surface area contributed by atoms with E-state index in [4.69, 9.17) is 41.4 Å². The molecule has 0 saturated heterocycles. The van der Waals surface area contributed by atoms with Gasteiger partial charge in [-0.2, -0.15) is 5.10 Å². The number of aromatic nitrogens is 5. The van der Waals surface area contributed by atoms with Crippen molar-refractivity contribution in [3.8, 4) is 32.4 Å². The number of anilines is 1. The van der Waals surface area contributed by atoms with Gasteiger partial charge in [0.25, 0.3) is 0 Å². The average Bonchev–Trinajstić information content (AvgIpc) is 3.36. The number of rotatable bonds is 4. The van der Waals surface area contributed by atoms with Crippen molar-refractivity contribution in [1.82, 2.24) is 25.1 Å². The van der Waals surface area contributed by atoms with Crippen molar-refractivity contribution in [2.75, 3.05) is 12.4 Å². The van der Waals surface area contributed by atoms with Crippen LogP contribution >= 0.6 is 46.1 Å². The minimum absolute atomic E-state index is 0.327. The molecule has 2 N–H and O–H groups in total. The number of halogens is 3. The van der Waals surface area contributed by atoms with E-state index in [1.54, 1.807) is 25.2 Å². The largest absolute Gasteiger partial charge is 0.357 e. The highest BCUT2D eigenvalue weighted by molar-refractivity contribution is 7.20. The van der Waals surface area contributed by atoms with E-state index in [0.29, 0.717) is 59.1 Å². The number of nitrogens with zero attached hydrogens (tertiary/aromatic N) is 5. The van der Waals surface area contributed by atoms with Crippen molar-refractivity contribution in [3.63, 3.8) is 0 Å². The number of H-pyrrole nitrogens is 1. The number of hydrogen-bond donors (Lipinski definition) is 2. The van der Waals surface area contributed by atoms with Crippen LogP contribution in [0.25, 0.3) is 37.2 Å². The van der Waals surface area contributed by atoms with E-state index in [9.17, 15) is 0 Å². The molecule has 7 nitrogen and oxygen atoms in total. The monoisotopic (exact) mass is 461 g/mol. The van der Waals surface area contributed by atoms with Crippen LogP contribution in [-0.2, 0) is 0 Å². The van der Waals surface area contributed by atoms with Gasteiger partial charge in [0.2, 0.25) is 11.6 Å². The third kappa shape index (κ3) is 3.54. The minimum Gasteiger partial charge on any atom is -0.357 e. The van der Waals surface area contributed by atoms with Gasteiger partial charge in [-0.05, 0) is 17.7 Å². The summed E-state index contributed by atoms with van der Waals surface area (Å²) in [4.78, 5) is 17.9. The molecule has 0 fully saturated rings. The molecule has 0 bridgehead atoms. The number of thiophene rings is 1. The maximum absolute atomic E-state index is 7.86. The molecule has 4 aromatic rings. The topological polar surface area (TPSA) is 83.7 Å². The number of hydrogen-bond acceptors (Lipinski definition) is 6. The van der Waals surface area contributed by atoms with Gasteiger partial charge < -0.3 is 5.32 Å². The highest BCUT2D eigenvalue weighted by atomic mass is 35.5. The van der Waals surface area contributed by atoms with E-state index in [0.717, 1.165) is 0 Å². The normalized spacial score (nSPS) is 10.7. The lowest BCUT2D eigenvalue weighted by molar-refractivity contribution is 1.10. The van der Waals surface area contributed by atoms with E-state index in [1.165, 1.54) is 23.9 Å². The fraction of sp³-hybridized carbons (Fsp3) is 0.0556. The van der Waals surface area contributed by atoms with Crippen molar-refractivity contribution in [2.24, 2.45) is 0 Å². The molecule has 3 aromatic heterocycles. The van der Waals surface area contributed by atoms with E-state index in [2.05, 4.69) is 35.3 Å². The highest BCUT2D eigenvalue weighted by Crippen LogP contribution is 2.53. The maximum Gasteiger partial charge on any atom is 0.223 e. The predicted molar refractivity (Wildman–Crippen MR) is 117 cm³/mol. The van der Waals surface area contributed by atoms with Gasteiger partial charge in [-0.15, -0.1) is 11.3 Å². The van der Waals surface area contributed by atoms with E-state index < -0.39 is 0 Å². The molecule has 0 atom stereocenters. The first kappa shape index (κ1) is 19.6. The lowest BCUT2D eigenvalue weighted by atomic mass is 10.0. The summed E-state index contributed by atoms with van der Waals surface area (Å²) >= 11 is 20.2. The molecule has 0 aliphatic heterocycles. The summed E-state index contributed by atoms with van der Waals surface area (Å²) in [6.07, 6.45) is 2.89. The second kappa shape index (κ2) is 7.97. The van der Waals surface area contributed by atoms with Crippen LogP contribution in [-0.4, -0.2) is 32.2 Å². The Morgan fingerprint density at radius 2 is 1.97 bits per heavy atom. The molecule has 0 unspecified atom stereocenters. The Labute approximate surface area is 184 Å². The van der Waals surface area contributed by atoms with Crippen molar-refractivity contribution >= 4 is 57.8 Å². The smallest absolute Gasteiger partial charge is 0.223 e. The highest BCUT2D eigenvalue weighted by Gasteiger charge is 2.27. The summed E-state index contributed by atoms with van der Waals surface area (Å²) in [5.74, 6) is 0.896. The van der Waals surface area contributed by atoms with Crippen LogP contribution in [0.15, 0.2) is 30.7 Å². The molecule has 0 aliphatic rings. The minimum atomic E-state index is 0.327. The van der Waals surface area contributed by atoms with Gasteiger partial charge in [-0.25, -0.2) is 19.8 Å². The summed E-state index contributed by atoms with van der Waals surface area (Å²) < 4.78 is 0. The third-order valence-electron chi connectivity index (χ3n) is 4.01. The van der Waals surface area contributed by atoms with E-state index >= 15 is 0 Å². The standard InChI is InChI=1S/C18H10Cl3N7S/c1-22-14-12(9-4-3-8(19)5-10(9)20)15(17-25-7-26-28-17)29-16(14)13-11(21)6-24-18(23-2)27-13/h3-7H,2H3,(H,23,24,27)(H,25,26,28). The van der Waals surface area contributed by atoms with Crippen molar-refractivity contribution in [3.05, 3.63) is 57.2 Å². The van der Waals surface area contributed by atoms with Gasteiger partial charge in [0.1, 0.15) is 6.33 Å². The zero-order chi connectivity index (χ0) is 20.5. The molecule has 0 saturated carbocycles. The SMILES string of the molecule is [C-]#[N+]c1c(-c2nc(NC)ncc2Cl)sc(-c2ncn[nH]2)c1-c1ccc(Cl)cc1Cl. The van der Waals surface area contributed by atoms with Gasteiger partial charge >= 0.3 is 0 Å². The Morgan fingerprint density at radius 3 is 2.62 bits per heavy atom. The number of nitrogens with one attached hydrogen (secondary N) is 2. The predicted octanol–water partition coefficient (Wildman–Crippen LogP) is 6.21. The summed E-state index contributed by atoms with van der Waals surface area (Å²) in [6.45, 7) is 7.86. The Bertz CT molecular complexity index is 1250. The quantitative estimate of drug-likeness (QED) is 0.352. The van der Waals surface area contributed by atoms with Crippen molar-refractivity contribution in [2.45, 2.75) is 0 Å². The van der Waals surface area contributed by atoms with Gasteiger partial charge in [0.05, 0.1) is 33.2 Å².